The van der Waals surface area contributed by atoms with E-state index < -0.39 is 11.8 Å². The molecule has 3 rings (SSSR count). The Hall–Kier alpha value is -2.54. The fraction of sp³-hybridized carbons (Fsp3) is 0.143. The first-order valence-corrected chi connectivity index (χ1v) is 7.23. The largest absolute Gasteiger partial charge is 0.288 e. The smallest absolute Gasteiger partial charge is 0.272 e. The molecule has 0 bridgehead atoms. The quantitative estimate of drug-likeness (QED) is 0.646. The molecule has 7 heteroatoms. The zero-order chi connectivity index (χ0) is 14.7. The molecule has 1 aromatic heterocycles. The number of carbonyl (C=O) groups is 2. The van der Waals surface area contributed by atoms with Crippen molar-refractivity contribution in [2.24, 2.45) is 22.0 Å². The van der Waals surface area contributed by atoms with Gasteiger partial charge in [0.25, 0.3) is 5.91 Å². The van der Waals surface area contributed by atoms with Crippen LogP contribution < -0.4 is 10.9 Å². The third-order valence-electron chi connectivity index (χ3n) is 3.17. The molecule has 1 aliphatic heterocycles. The van der Waals surface area contributed by atoms with Crippen molar-refractivity contribution in [2.75, 3.05) is 0 Å². The third kappa shape index (κ3) is 2.82. The third-order valence-corrected chi connectivity index (χ3v) is 3.98. The number of hydrazone groups is 2. The molecule has 2 heterocycles. The van der Waals surface area contributed by atoms with Crippen molar-refractivity contribution in [3.05, 3.63) is 46.7 Å². The van der Waals surface area contributed by atoms with Crippen LogP contribution in [-0.4, -0.2) is 23.7 Å². The molecule has 21 heavy (non-hydrogen) atoms. The highest BCUT2D eigenvalue weighted by atomic mass is 32.1. The van der Waals surface area contributed by atoms with Crippen molar-refractivity contribution >= 4 is 35.1 Å². The molecule has 2 aliphatic rings. The molecular weight excluding hydrogens is 288 g/mol. The van der Waals surface area contributed by atoms with Crippen LogP contribution in [0, 0.1) is 11.8 Å². The molecular formula is C14H12N4O2S. The van der Waals surface area contributed by atoms with E-state index in [9.17, 15) is 9.59 Å². The van der Waals surface area contributed by atoms with Gasteiger partial charge in [0.1, 0.15) is 5.71 Å². The van der Waals surface area contributed by atoms with E-state index in [1.165, 1.54) is 11.3 Å². The predicted octanol–water partition coefficient (Wildman–Crippen LogP) is 1.04. The number of hydrogen-bond acceptors (Lipinski definition) is 5. The monoisotopic (exact) mass is 300 g/mol. The lowest BCUT2D eigenvalue weighted by Gasteiger charge is -2.26. The minimum Gasteiger partial charge on any atom is -0.272 e. The summed E-state index contributed by atoms with van der Waals surface area (Å²) >= 11 is 1.52. The molecule has 0 spiro atoms. The molecule has 2 amide bonds. The van der Waals surface area contributed by atoms with E-state index >= 15 is 0 Å². The normalized spacial score (nSPS) is 23.6. The maximum absolute atomic E-state index is 12.1. The zero-order valence-electron chi connectivity index (χ0n) is 10.9. The molecule has 0 saturated carbocycles. The van der Waals surface area contributed by atoms with Crippen molar-refractivity contribution in [2.45, 2.75) is 0 Å². The summed E-state index contributed by atoms with van der Waals surface area (Å²) in [5.41, 5.74) is 5.06. The highest BCUT2D eigenvalue weighted by Gasteiger charge is 2.36. The Balaban J connectivity index is 1.71. The molecule has 0 saturated heterocycles. The van der Waals surface area contributed by atoms with E-state index in [1.54, 1.807) is 30.5 Å². The van der Waals surface area contributed by atoms with E-state index in [1.807, 2.05) is 17.5 Å². The van der Waals surface area contributed by atoms with Gasteiger partial charge in [-0.3, -0.25) is 9.59 Å². The van der Waals surface area contributed by atoms with Gasteiger partial charge < -0.3 is 0 Å². The summed E-state index contributed by atoms with van der Waals surface area (Å²) in [4.78, 5) is 24.8. The minimum absolute atomic E-state index is 0.209. The lowest BCUT2D eigenvalue weighted by Crippen LogP contribution is -2.46. The van der Waals surface area contributed by atoms with Crippen LogP contribution in [0.2, 0.25) is 0 Å². The second kappa shape index (κ2) is 5.84. The first-order chi connectivity index (χ1) is 10.3. The number of hydrogen-bond donors (Lipinski definition) is 2. The number of allylic oxidation sites excluding steroid dienone is 3. The summed E-state index contributed by atoms with van der Waals surface area (Å²) < 4.78 is 0. The molecule has 0 unspecified atom stereocenters. The fourth-order valence-corrected chi connectivity index (χ4v) is 2.75. The maximum atomic E-state index is 12.1. The average molecular weight is 300 g/mol. The van der Waals surface area contributed by atoms with Gasteiger partial charge in [0.15, 0.2) is 0 Å². The average Bonchev–Trinajstić information content (AvgIpc) is 3.01. The first kappa shape index (κ1) is 13.4. The summed E-state index contributed by atoms with van der Waals surface area (Å²) in [5, 5.41) is 9.68. The van der Waals surface area contributed by atoms with Crippen LogP contribution in [0.1, 0.15) is 4.88 Å². The number of carbonyl (C=O) groups excluding carboxylic acids is 2. The Morgan fingerprint density at radius 3 is 2.95 bits per heavy atom. The van der Waals surface area contributed by atoms with Crippen molar-refractivity contribution in [1.82, 2.24) is 10.9 Å². The molecule has 2 atom stereocenters. The number of rotatable bonds is 3. The van der Waals surface area contributed by atoms with E-state index in [0.717, 1.165) is 4.88 Å². The summed E-state index contributed by atoms with van der Waals surface area (Å²) in [5.74, 6) is -1.37. The maximum Gasteiger partial charge on any atom is 0.288 e. The van der Waals surface area contributed by atoms with Crippen LogP contribution >= 0.6 is 11.3 Å². The Labute approximate surface area is 124 Å². The number of nitrogens with one attached hydrogen (secondary N) is 2. The number of fused-ring (bicyclic) bond motifs is 1. The van der Waals surface area contributed by atoms with E-state index in [4.69, 9.17) is 0 Å². The highest BCUT2D eigenvalue weighted by molar-refractivity contribution is 7.11. The van der Waals surface area contributed by atoms with Gasteiger partial charge in [0.2, 0.25) is 5.91 Å². The lowest BCUT2D eigenvalue weighted by atomic mass is 9.83. The summed E-state index contributed by atoms with van der Waals surface area (Å²) in [7, 11) is 0. The summed E-state index contributed by atoms with van der Waals surface area (Å²) in [6.45, 7) is 0. The minimum atomic E-state index is -0.419. The van der Waals surface area contributed by atoms with Crippen molar-refractivity contribution < 1.29 is 9.59 Å². The molecule has 2 N–H and O–H groups in total. The second-order valence-electron chi connectivity index (χ2n) is 4.51. The Morgan fingerprint density at radius 2 is 2.19 bits per heavy atom. The van der Waals surface area contributed by atoms with Gasteiger partial charge in [-0.2, -0.15) is 10.2 Å². The van der Waals surface area contributed by atoms with E-state index in [0.29, 0.717) is 0 Å². The Morgan fingerprint density at radius 1 is 1.38 bits per heavy atom. The summed E-state index contributed by atoms with van der Waals surface area (Å²) in [6.07, 6.45) is 8.72. The van der Waals surface area contributed by atoms with Gasteiger partial charge in [0.05, 0.1) is 12.1 Å². The summed E-state index contributed by atoms with van der Waals surface area (Å²) in [6, 6.07) is 3.79. The molecule has 106 valence electrons. The van der Waals surface area contributed by atoms with Gasteiger partial charge in [-0.15, -0.1) is 11.3 Å². The molecule has 1 aliphatic carbocycles. The topological polar surface area (TPSA) is 82.9 Å². The Kier molecular flexibility index (Phi) is 3.74. The second-order valence-corrected chi connectivity index (χ2v) is 5.49. The van der Waals surface area contributed by atoms with Crippen LogP contribution in [0.5, 0.6) is 0 Å². The van der Waals surface area contributed by atoms with Crippen LogP contribution in [0.4, 0.5) is 0 Å². The van der Waals surface area contributed by atoms with Crippen molar-refractivity contribution in [3.63, 3.8) is 0 Å². The van der Waals surface area contributed by atoms with Gasteiger partial charge in [-0.05, 0) is 11.4 Å². The number of amides is 2. The number of thiophene rings is 1. The van der Waals surface area contributed by atoms with Crippen LogP contribution in [0.15, 0.2) is 52.0 Å². The SMILES string of the molecule is O=C(N/N=C/c1cccs1)C1=NNC(=O)[C@H]2C=CC=C[C@@H]12. The van der Waals surface area contributed by atoms with E-state index in [2.05, 4.69) is 21.1 Å². The van der Waals surface area contributed by atoms with Crippen molar-refractivity contribution in [1.29, 1.82) is 0 Å². The number of nitrogens with zero attached hydrogens (tertiary/aromatic N) is 2. The predicted molar refractivity (Wildman–Crippen MR) is 80.9 cm³/mol. The molecule has 1 aromatic rings. The molecule has 6 nitrogen and oxygen atoms in total. The Bertz CT molecular complexity index is 673. The van der Waals surface area contributed by atoms with Crippen LogP contribution in [-0.2, 0) is 9.59 Å². The standard InChI is InChI=1S/C14H12N4O2S/c19-13-11-6-2-1-5-10(11)12(16-18-13)14(20)17-15-8-9-4-3-7-21-9/h1-8,10-11H,(H,17,20)(H,18,19)/b15-8+/t10-,11+/m1/s1. The van der Waals surface area contributed by atoms with Crippen molar-refractivity contribution in [3.8, 4) is 0 Å². The molecule has 0 radical (unpaired) electrons. The van der Waals surface area contributed by atoms with Gasteiger partial charge >= 0.3 is 0 Å². The fourth-order valence-electron chi connectivity index (χ4n) is 2.16. The first-order valence-electron chi connectivity index (χ1n) is 6.35. The highest BCUT2D eigenvalue weighted by Crippen LogP contribution is 2.24. The van der Waals surface area contributed by atoms with Crippen LogP contribution in [0.25, 0.3) is 0 Å². The van der Waals surface area contributed by atoms with Gasteiger partial charge in [-0.25, -0.2) is 10.9 Å². The zero-order valence-corrected chi connectivity index (χ0v) is 11.7. The molecule has 0 fully saturated rings. The van der Waals surface area contributed by atoms with E-state index in [-0.39, 0.29) is 17.5 Å². The van der Waals surface area contributed by atoms with Crippen LogP contribution in [0.3, 0.4) is 0 Å². The molecule has 0 aromatic carbocycles. The lowest BCUT2D eigenvalue weighted by molar-refractivity contribution is -0.124. The van der Waals surface area contributed by atoms with Gasteiger partial charge in [0, 0.05) is 10.8 Å². The van der Waals surface area contributed by atoms with Gasteiger partial charge in [-0.1, -0.05) is 30.4 Å².